The van der Waals surface area contributed by atoms with Crippen molar-refractivity contribution in [1.29, 1.82) is 0 Å². The summed E-state index contributed by atoms with van der Waals surface area (Å²) in [5.74, 6) is 1.30. The first-order valence-electron chi connectivity index (χ1n) is 5.65. The van der Waals surface area contributed by atoms with Gasteiger partial charge in [-0.2, -0.15) is 4.98 Å². The maximum absolute atomic E-state index is 6.02. The van der Waals surface area contributed by atoms with E-state index in [1.54, 1.807) is 6.92 Å². The number of nitrogens with zero attached hydrogens (tertiary/aromatic N) is 3. The molecule has 17 heavy (non-hydrogen) atoms. The number of nitrogens with two attached hydrogens (primary N) is 1. The van der Waals surface area contributed by atoms with Gasteiger partial charge in [-0.05, 0) is 18.1 Å². The second kappa shape index (κ2) is 3.76. The zero-order valence-electron chi connectivity index (χ0n) is 9.68. The van der Waals surface area contributed by atoms with Crippen molar-refractivity contribution in [2.24, 2.45) is 0 Å². The molecular formula is C12H14N4O. The summed E-state index contributed by atoms with van der Waals surface area (Å²) >= 11 is 0. The number of aryl methyl sites for hydroxylation is 1. The summed E-state index contributed by atoms with van der Waals surface area (Å²) in [4.78, 5) is 6.42. The van der Waals surface area contributed by atoms with Gasteiger partial charge in [0.15, 0.2) is 5.82 Å². The van der Waals surface area contributed by atoms with Crippen molar-refractivity contribution in [3.05, 3.63) is 35.5 Å². The van der Waals surface area contributed by atoms with Crippen molar-refractivity contribution in [3.8, 4) is 0 Å². The minimum atomic E-state index is 0.598. The molecule has 0 bridgehead atoms. The Morgan fingerprint density at radius 3 is 3.12 bits per heavy atom. The normalized spacial score (nSPS) is 14.1. The van der Waals surface area contributed by atoms with E-state index in [0.29, 0.717) is 18.3 Å². The fourth-order valence-electron chi connectivity index (χ4n) is 2.30. The zero-order valence-corrected chi connectivity index (χ0v) is 9.68. The van der Waals surface area contributed by atoms with Gasteiger partial charge < -0.3 is 15.2 Å². The molecule has 1 aromatic heterocycles. The standard InChI is InChI=1S/C12H14N4O/c1-8-14-11(15-17-8)7-16-6-5-9-3-2-4-10(13)12(9)16/h2-4H,5-7,13H2,1H3. The first-order valence-corrected chi connectivity index (χ1v) is 5.65. The van der Waals surface area contributed by atoms with Crippen LogP contribution in [0.3, 0.4) is 0 Å². The van der Waals surface area contributed by atoms with Crippen LogP contribution in [0.15, 0.2) is 22.7 Å². The molecule has 1 aromatic carbocycles. The molecule has 5 nitrogen and oxygen atoms in total. The maximum Gasteiger partial charge on any atom is 0.223 e. The number of hydrogen-bond acceptors (Lipinski definition) is 5. The van der Waals surface area contributed by atoms with Crippen molar-refractivity contribution in [2.45, 2.75) is 19.9 Å². The number of anilines is 2. The van der Waals surface area contributed by atoms with E-state index in [1.165, 1.54) is 5.56 Å². The van der Waals surface area contributed by atoms with Crippen molar-refractivity contribution < 1.29 is 4.52 Å². The molecular weight excluding hydrogens is 216 g/mol. The lowest BCUT2D eigenvalue weighted by molar-refractivity contribution is 0.387. The third-order valence-corrected chi connectivity index (χ3v) is 3.02. The molecule has 0 saturated carbocycles. The first kappa shape index (κ1) is 10.1. The third kappa shape index (κ3) is 1.73. The average molecular weight is 230 g/mol. The lowest BCUT2D eigenvalue weighted by Gasteiger charge is -2.18. The lowest BCUT2D eigenvalue weighted by Crippen LogP contribution is -2.21. The molecule has 0 atom stereocenters. The number of nitrogen functional groups attached to an aromatic ring is 1. The van der Waals surface area contributed by atoms with E-state index in [-0.39, 0.29) is 0 Å². The summed E-state index contributed by atoms with van der Waals surface area (Å²) in [5, 5.41) is 3.91. The van der Waals surface area contributed by atoms with Crippen LogP contribution >= 0.6 is 0 Å². The van der Waals surface area contributed by atoms with Gasteiger partial charge in [0.2, 0.25) is 5.89 Å². The molecule has 2 aromatic rings. The maximum atomic E-state index is 6.02. The number of aromatic nitrogens is 2. The van der Waals surface area contributed by atoms with E-state index >= 15 is 0 Å². The number of fused-ring (bicyclic) bond motifs is 1. The molecule has 0 saturated heterocycles. The van der Waals surface area contributed by atoms with E-state index in [9.17, 15) is 0 Å². The summed E-state index contributed by atoms with van der Waals surface area (Å²) in [6.45, 7) is 3.40. The van der Waals surface area contributed by atoms with Crippen LogP contribution in [-0.2, 0) is 13.0 Å². The smallest absolute Gasteiger partial charge is 0.223 e. The van der Waals surface area contributed by atoms with Gasteiger partial charge in [0, 0.05) is 13.5 Å². The summed E-state index contributed by atoms with van der Waals surface area (Å²) in [6, 6.07) is 6.04. The van der Waals surface area contributed by atoms with E-state index in [1.807, 2.05) is 12.1 Å². The van der Waals surface area contributed by atoms with Crippen LogP contribution in [-0.4, -0.2) is 16.7 Å². The van der Waals surface area contributed by atoms with Crippen LogP contribution in [0.1, 0.15) is 17.3 Å². The summed E-state index contributed by atoms with van der Waals surface area (Å²) in [5.41, 5.74) is 9.25. The summed E-state index contributed by atoms with van der Waals surface area (Å²) in [7, 11) is 0. The fraction of sp³-hybridized carbons (Fsp3) is 0.333. The van der Waals surface area contributed by atoms with Gasteiger partial charge in [0.25, 0.3) is 0 Å². The molecule has 0 spiro atoms. The van der Waals surface area contributed by atoms with Gasteiger partial charge >= 0.3 is 0 Å². The quantitative estimate of drug-likeness (QED) is 0.792. The summed E-state index contributed by atoms with van der Waals surface area (Å²) < 4.78 is 4.97. The van der Waals surface area contributed by atoms with E-state index in [2.05, 4.69) is 21.1 Å². The highest BCUT2D eigenvalue weighted by Gasteiger charge is 2.22. The van der Waals surface area contributed by atoms with Gasteiger partial charge in [-0.25, -0.2) is 0 Å². The Bertz CT molecular complexity index is 549. The molecule has 1 aliphatic rings. The van der Waals surface area contributed by atoms with Crippen molar-refractivity contribution in [2.75, 3.05) is 17.2 Å². The van der Waals surface area contributed by atoms with Gasteiger partial charge in [-0.3, -0.25) is 0 Å². The van der Waals surface area contributed by atoms with E-state index in [0.717, 1.165) is 24.3 Å². The van der Waals surface area contributed by atoms with E-state index < -0.39 is 0 Å². The van der Waals surface area contributed by atoms with E-state index in [4.69, 9.17) is 10.3 Å². The molecule has 5 heteroatoms. The van der Waals surface area contributed by atoms with Gasteiger partial charge in [-0.1, -0.05) is 17.3 Å². The Hall–Kier alpha value is -2.04. The minimum Gasteiger partial charge on any atom is -0.397 e. The van der Waals surface area contributed by atoms with Crippen LogP contribution in [0.5, 0.6) is 0 Å². The van der Waals surface area contributed by atoms with Gasteiger partial charge in [0.1, 0.15) is 0 Å². The highest BCUT2D eigenvalue weighted by atomic mass is 16.5. The third-order valence-electron chi connectivity index (χ3n) is 3.02. The number of hydrogen-bond donors (Lipinski definition) is 1. The molecule has 2 N–H and O–H groups in total. The number of para-hydroxylation sites is 1. The van der Waals surface area contributed by atoms with Crippen LogP contribution in [0, 0.1) is 6.92 Å². The molecule has 0 aliphatic carbocycles. The largest absolute Gasteiger partial charge is 0.397 e. The molecule has 0 fully saturated rings. The summed E-state index contributed by atoms with van der Waals surface area (Å²) in [6.07, 6.45) is 1.03. The molecule has 0 amide bonds. The molecule has 88 valence electrons. The Balaban J connectivity index is 1.89. The van der Waals surface area contributed by atoms with Crippen molar-refractivity contribution >= 4 is 11.4 Å². The zero-order chi connectivity index (χ0) is 11.8. The van der Waals surface area contributed by atoms with Crippen LogP contribution < -0.4 is 10.6 Å². The Morgan fingerprint density at radius 1 is 1.47 bits per heavy atom. The Kier molecular flexibility index (Phi) is 2.24. The molecule has 1 aliphatic heterocycles. The molecule has 2 heterocycles. The van der Waals surface area contributed by atoms with Crippen LogP contribution in [0.2, 0.25) is 0 Å². The topological polar surface area (TPSA) is 68.2 Å². The Labute approximate surface area is 99.2 Å². The fourth-order valence-corrected chi connectivity index (χ4v) is 2.30. The predicted molar refractivity (Wildman–Crippen MR) is 64.6 cm³/mol. The second-order valence-corrected chi connectivity index (χ2v) is 4.26. The molecule has 3 rings (SSSR count). The Morgan fingerprint density at radius 2 is 2.35 bits per heavy atom. The van der Waals surface area contributed by atoms with Crippen LogP contribution in [0.25, 0.3) is 0 Å². The second-order valence-electron chi connectivity index (χ2n) is 4.26. The van der Waals surface area contributed by atoms with Crippen molar-refractivity contribution in [1.82, 2.24) is 10.1 Å². The minimum absolute atomic E-state index is 0.598. The first-order chi connectivity index (χ1) is 8.24. The average Bonchev–Trinajstić information content (AvgIpc) is 2.88. The van der Waals surface area contributed by atoms with Crippen molar-refractivity contribution in [3.63, 3.8) is 0 Å². The molecule has 0 radical (unpaired) electrons. The number of rotatable bonds is 2. The van der Waals surface area contributed by atoms with Gasteiger partial charge in [-0.15, -0.1) is 0 Å². The molecule has 0 unspecified atom stereocenters. The number of benzene rings is 1. The van der Waals surface area contributed by atoms with Gasteiger partial charge in [0.05, 0.1) is 17.9 Å². The highest BCUT2D eigenvalue weighted by molar-refractivity contribution is 5.74. The lowest BCUT2D eigenvalue weighted by atomic mass is 10.1. The van der Waals surface area contributed by atoms with Crippen LogP contribution in [0.4, 0.5) is 11.4 Å². The SMILES string of the molecule is Cc1nc(CN2CCc3cccc(N)c32)no1. The highest BCUT2D eigenvalue weighted by Crippen LogP contribution is 2.34. The predicted octanol–water partition coefficient (Wildman–Crippen LogP) is 1.52. The monoisotopic (exact) mass is 230 g/mol.